The molecule has 22 heavy (non-hydrogen) atoms. The monoisotopic (exact) mass is 375 g/mol. The van der Waals surface area contributed by atoms with Gasteiger partial charge in [-0.2, -0.15) is 5.10 Å². The Morgan fingerprint density at radius 1 is 1.32 bits per heavy atom. The fourth-order valence-electron chi connectivity index (χ4n) is 2.19. The van der Waals surface area contributed by atoms with Gasteiger partial charge in [-0.15, -0.1) is 11.3 Å². The Morgan fingerprint density at radius 3 is 2.91 bits per heavy atom. The maximum absolute atomic E-state index is 12.3. The molecule has 4 nitrogen and oxygen atoms in total. The molecule has 0 bridgehead atoms. The summed E-state index contributed by atoms with van der Waals surface area (Å²) in [5.41, 5.74) is 0.639. The largest absolute Gasteiger partial charge is 0.350 e. The normalized spacial score (nSPS) is 12.0. The Balaban J connectivity index is 1.73. The van der Waals surface area contributed by atoms with E-state index in [9.17, 15) is 4.79 Å². The summed E-state index contributed by atoms with van der Waals surface area (Å²) in [5, 5.41) is 9.32. The molecule has 1 amide bonds. The quantitative estimate of drug-likeness (QED) is 0.738. The van der Waals surface area contributed by atoms with Crippen LogP contribution in [0.4, 0.5) is 0 Å². The van der Waals surface area contributed by atoms with Crippen molar-refractivity contribution in [3.63, 3.8) is 0 Å². The average molecular weight is 376 g/mol. The van der Waals surface area contributed by atoms with Crippen LogP contribution in [0.2, 0.25) is 0 Å². The molecule has 1 unspecified atom stereocenters. The van der Waals surface area contributed by atoms with Crippen LogP contribution in [-0.4, -0.2) is 22.2 Å². The van der Waals surface area contributed by atoms with Gasteiger partial charge in [-0.05, 0) is 35.7 Å². The zero-order valence-corrected chi connectivity index (χ0v) is 14.0. The number of halogens is 1. The van der Waals surface area contributed by atoms with Gasteiger partial charge in [0.15, 0.2) is 0 Å². The molecule has 1 aromatic carbocycles. The molecular formula is C16H14BrN3OS. The zero-order chi connectivity index (χ0) is 15.4. The number of carbonyl (C=O) groups is 1. The van der Waals surface area contributed by atoms with E-state index in [2.05, 4.69) is 32.4 Å². The van der Waals surface area contributed by atoms with E-state index >= 15 is 0 Å². The van der Waals surface area contributed by atoms with Gasteiger partial charge in [0.2, 0.25) is 0 Å². The smallest absolute Gasteiger partial charge is 0.251 e. The molecule has 6 heteroatoms. The van der Waals surface area contributed by atoms with Crippen molar-refractivity contribution >= 4 is 33.2 Å². The maximum atomic E-state index is 12.3. The van der Waals surface area contributed by atoms with E-state index in [1.807, 2.05) is 46.6 Å². The summed E-state index contributed by atoms with van der Waals surface area (Å²) < 4.78 is 2.76. The predicted molar refractivity (Wildman–Crippen MR) is 91.2 cm³/mol. The first-order valence-corrected chi connectivity index (χ1v) is 8.47. The van der Waals surface area contributed by atoms with Gasteiger partial charge >= 0.3 is 0 Å². The molecule has 0 aliphatic carbocycles. The lowest BCUT2D eigenvalue weighted by Gasteiger charge is -2.17. The third-order valence-corrected chi connectivity index (χ3v) is 4.73. The molecule has 0 saturated heterocycles. The van der Waals surface area contributed by atoms with Crippen LogP contribution in [0.5, 0.6) is 0 Å². The Morgan fingerprint density at radius 2 is 2.23 bits per heavy atom. The fourth-order valence-corrected chi connectivity index (χ4v) is 3.41. The number of thiophene rings is 1. The van der Waals surface area contributed by atoms with Gasteiger partial charge in [0.1, 0.15) is 6.04 Å². The maximum Gasteiger partial charge on any atom is 0.251 e. The van der Waals surface area contributed by atoms with E-state index in [1.54, 1.807) is 23.6 Å². The van der Waals surface area contributed by atoms with E-state index in [1.165, 1.54) is 4.88 Å². The predicted octanol–water partition coefficient (Wildman–Crippen LogP) is 3.73. The number of amides is 1. The summed E-state index contributed by atoms with van der Waals surface area (Å²) in [7, 11) is 0. The van der Waals surface area contributed by atoms with Crippen LogP contribution in [-0.2, 0) is 0 Å². The van der Waals surface area contributed by atoms with Gasteiger partial charge in [-0.1, -0.05) is 28.1 Å². The SMILES string of the molecule is O=C(NCC(c1cccs1)n1cccn1)c1cccc(Br)c1. The number of hydrogen-bond donors (Lipinski definition) is 1. The third kappa shape index (κ3) is 3.45. The van der Waals surface area contributed by atoms with Crippen molar-refractivity contribution in [2.24, 2.45) is 0 Å². The Hall–Kier alpha value is -1.92. The summed E-state index contributed by atoms with van der Waals surface area (Å²) in [6.07, 6.45) is 3.66. The second-order valence-electron chi connectivity index (χ2n) is 4.74. The minimum atomic E-state index is -0.0880. The molecule has 0 aliphatic heterocycles. The average Bonchev–Trinajstić information content (AvgIpc) is 3.21. The van der Waals surface area contributed by atoms with Gasteiger partial charge in [0.05, 0.1) is 0 Å². The van der Waals surface area contributed by atoms with Crippen molar-refractivity contribution in [3.05, 3.63) is 75.2 Å². The highest BCUT2D eigenvalue weighted by atomic mass is 79.9. The van der Waals surface area contributed by atoms with Crippen molar-refractivity contribution in [1.29, 1.82) is 0 Å². The Labute approximate surface area is 140 Å². The highest BCUT2D eigenvalue weighted by Crippen LogP contribution is 2.22. The van der Waals surface area contributed by atoms with E-state index < -0.39 is 0 Å². The first kappa shape index (κ1) is 15.0. The standard InChI is InChI=1S/C16H14BrN3OS/c17-13-5-1-4-12(10-13)16(21)18-11-14(15-6-2-9-22-15)20-8-3-7-19-20/h1-10,14H,11H2,(H,18,21). The summed E-state index contributed by atoms with van der Waals surface area (Å²) >= 11 is 5.04. The summed E-state index contributed by atoms with van der Waals surface area (Å²) in [6.45, 7) is 0.494. The van der Waals surface area contributed by atoms with E-state index in [-0.39, 0.29) is 11.9 Å². The molecule has 112 valence electrons. The molecule has 0 spiro atoms. The van der Waals surface area contributed by atoms with Crippen LogP contribution >= 0.6 is 27.3 Å². The lowest BCUT2D eigenvalue weighted by atomic mass is 10.2. The van der Waals surface area contributed by atoms with Gasteiger partial charge in [0, 0.05) is 33.9 Å². The van der Waals surface area contributed by atoms with Crippen LogP contribution in [0, 0.1) is 0 Å². The van der Waals surface area contributed by atoms with Gasteiger partial charge in [0.25, 0.3) is 5.91 Å². The van der Waals surface area contributed by atoms with Crippen LogP contribution in [0.15, 0.2) is 64.7 Å². The minimum absolute atomic E-state index is 0.00565. The number of aromatic nitrogens is 2. The summed E-state index contributed by atoms with van der Waals surface area (Å²) in [5.74, 6) is -0.0880. The van der Waals surface area contributed by atoms with Crippen LogP contribution in [0.1, 0.15) is 21.3 Å². The van der Waals surface area contributed by atoms with E-state index in [0.29, 0.717) is 12.1 Å². The number of rotatable bonds is 5. The lowest BCUT2D eigenvalue weighted by molar-refractivity contribution is 0.0949. The molecule has 1 N–H and O–H groups in total. The molecule has 3 rings (SSSR count). The molecule has 0 saturated carbocycles. The van der Waals surface area contributed by atoms with Crippen molar-refractivity contribution in [2.75, 3.05) is 6.54 Å². The van der Waals surface area contributed by atoms with Crippen molar-refractivity contribution in [2.45, 2.75) is 6.04 Å². The van der Waals surface area contributed by atoms with Gasteiger partial charge in [-0.25, -0.2) is 0 Å². The van der Waals surface area contributed by atoms with Crippen molar-refractivity contribution in [3.8, 4) is 0 Å². The zero-order valence-electron chi connectivity index (χ0n) is 11.6. The minimum Gasteiger partial charge on any atom is -0.350 e. The van der Waals surface area contributed by atoms with Gasteiger partial charge in [-0.3, -0.25) is 9.48 Å². The number of hydrogen-bond acceptors (Lipinski definition) is 3. The number of nitrogens with one attached hydrogen (secondary N) is 1. The summed E-state index contributed by atoms with van der Waals surface area (Å²) in [6, 6.07) is 13.3. The lowest BCUT2D eigenvalue weighted by Crippen LogP contribution is -2.31. The number of nitrogens with zero attached hydrogens (tertiary/aromatic N) is 2. The van der Waals surface area contributed by atoms with Crippen LogP contribution in [0.25, 0.3) is 0 Å². The van der Waals surface area contributed by atoms with E-state index in [4.69, 9.17) is 0 Å². The fraction of sp³-hybridized carbons (Fsp3) is 0.125. The van der Waals surface area contributed by atoms with Crippen molar-refractivity contribution < 1.29 is 4.79 Å². The Kier molecular flexibility index (Phi) is 4.70. The Bertz CT molecular complexity index is 706. The molecule has 0 radical (unpaired) electrons. The highest BCUT2D eigenvalue weighted by molar-refractivity contribution is 9.10. The van der Waals surface area contributed by atoms with Crippen molar-refractivity contribution in [1.82, 2.24) is 15.1 Å². The number of benzene rings is 1. The number of carbonyl (C=O) groups excluding carboxylic acids is 1. The molecule has 0 fully saturated rings. The van der Waals surface area contributed by atoms with Crippen LogP contribution < -0.4 is 5.32 Å². The first-order chi connectivity index (χ1) is 10.7. The molecule has 2 heterocycles. The molecule has 2 aromatic heterocycles. The van der Waals surface area contributed by atoms with Gasteiger partial charge < -0.3 is 5.32 Å². The molecule has 0 aliphatic rings. The highest BCUT2D eigenvalue weighted by Gasteiger charge is 2.16. The first-order valence-electron chi connectivity index (χ1n) is 6.80. The third-order valence-electron chi connectivity index (χ3n) is 3.26. The summed E-state index contributed by atoms with van der Waals surface area (Å²) in [4.78, 5) is 13.4. The van der Waals surface area contributed by atoms with Crippen LogP contribution in [0.3, 0.4) is 0 Å². The second kappa shape index (κ2) is 6.89. The molecule has 3 aromatic rings. The van der Waals surface area contributed by atoms with E-state index in [0.717, 1.165) is 4.47 Å². The molecule has 1 atom stereocenters. The molecular weight excluding hydrogens is 362 g/mol. The second-order valence-corrected chi connectivity index (χ2v) is 6.63. The topological polar surface area (TPSA) is 46.9 Å².